The number of fused-ring (bicyclic) bond motifs is 1. The fourth-order valence-corrected chi connectivity index (χ4v) is 3.30. The summed E-state index contributed by atoms with van der Waals surface area (Å²) in [4.78, 5) is 22.8. The van der Waals surface area contributed by atoms with Crippen molar-refractivity contribution in [3.63, 3.8) is 0 Å². The molecule has 0 bridgehead atoms. The zero-order valence-electron chi connectivity index (χ0n) is 13.0. The van der Waals surface area contributed by atoms with Crippen molar-refractivity contribution in [1.29, 1.82) is 0 Å². The molecule has 1 aliphatic rings. The number of carbonyl (C=O) groups excluding carboxylic acids is 1. The number of benzene rings is 1. The second-order valence-corrected chi connectivity index (χ2v) is 5.89. The first-order chi connectivity index (χ1) is 11.7. The number of rotatable bonds is 3. The van der Waals surface area contributed by atoms with Gasteiger partial charge in [0.1, 0.15) is 12.1 Å². The van der Waals surface area contributed by atoms with Crippen LogP contribution in [0.4, 0.5) is 4.39 Å². The van der Waals surface area contributed by atoms with Gasteiger partial charge in [0.15, 0.2) is 0 Å². The lowest BCUT2D eigenvalue weighted by Gasteiger charge is -2.25. The summed E-state index contributed by atoms with van der Waals surface area (Å²) in [6.45, 7) is 0.692. The molecule has 1 unspecified atom stereocenters. The van der Waals surface area contributed by atoms with Gasteiger partial charge in [-0.1, -0.05) is 12.1 Å². The van der Waals surface area contributed by atoms with E-state index in [4.69, 9.17) is 0 Å². The van der Waals surface area contributed by atoms with Gasteiger partial charge < -0.3 is 4.90 Å². The smallest absolute Gasteiger partial charge is 0.252 e. The summed E-state index contributed by atoms with van der Waals surface area (Å²) < 4.78 is 15.0. The van der Waals surface area contributed by atoms with Crippen LogP contribution in [0.25, 0.3) is 5.78 Å². The van der Waals surface area contributed by atoms with E-state index >= 15 is 0 Å². The number of likely N-dealkylation sites (tertiary alicyclic amines) is 1. The lowest BCUT2D eigenvalue weighted by Crippen LogP contribution is -2.32. The van der Waals surface area contributed by atoms with Crippen LogP contribution in [-0.4, -0.2) is 36.9 Å². The fraction of sp³-hybridized carbons (Fsp3) is 0.294. The van der Waals surface area contributed by atoms with Gasteiger partial charge >= 0.3 is 0 Å². The molecule has 0 N–H and O–H groups in total. The lowest BCUT2D eigenvalue weighted by molar-refractivity contribution is -0.131. The maximum atomic E-state index is 13.3. The molecule has 0 radical (unpaired) electrons. The molecule has 0 spiro atoms. The van der Waals surface area contributed by atoms with E-state index in [2.05, 4.69) is 15.1 Å². The molecule has 1 amide bonds. The molecule has 7 heteroatoms. The Morgan fingerprint density at radius 3 is 3.08 bits per heavy atom. The van der Waals surface area contributed by atoms with Crippen molar-refractivity contribution in [2.24, 2.45) is 0 Å². The summed E-state index contributed by atoms with van der Waals surface area (Å²) >= 11 is 0. The Hall–Kier alpha value is -2.83. The average Bonchev–Trinajstić information content (AvgIpc) is 3.23. The van der Waals surface area contributed by atoms with Gasteiger partial charge in [0, 0.05) is 12.7 Å². The van der Waals surface area contributed by atoms with Crippen LogP contribution >= 0.6 is 0 Å². The predicted molar refractivity (Wildman–Crippen MR) is 84.6 cm³/mol. The molecule has 0 aliphatic carbocycles. The quantitative estimate of drug-likeness (QED) is 0.740. The molecular formula is C17H16FN5O. The van der Waals surface area contributed by atoms with Crippen LogP contribution in [0, 0.1) is 5.82 Å². The highest BCUT2D eigenvalue weighted by Crippen LogP contribution is 2.32. The van der Waals surface area contributed by atoms with Crippen molar-refractivity contribution in [2.75, 3.05) is 6.54 Å². The van der Waals surface area contributed by atoms with E-state index in [0.717, 1.165) is 18.5 Å². The van der Waals surface area contributed by atoms with Gasteiger partial charge in [-0.3, -0.25) is 4.79 Å². The third kappa shape index (κ3) is 2.62. The number of aromatic nitrogens is 4. The van der Waals surface area contributed by atoms with E-state index in [9.17, 15) is 9.18 Å². The summed E-state index contributed by atoms with van der Waals surface area (Å²) in [5, 5.41) is 4.21. The van der Waals surface area contributed by atoms with Crippen LogP contribution in [0.1, 0.15) is 30.1 Å². The van der Waals surface area contributed by atoms with Gasteiger partial charge in [0.25, 0.3) is 5.78 Å². The maximum Gasteiger partial charge on any atom is 0.252 e. The molecule has 4 rings (SSSR count). The molecule has 1 aromatic carbocycles. The molecule has 24 heavy (non-hydrogen) atoms. The molecule has 1 atom stereocenters. The second kappa shape index (κ2) is 5.99. The van der Waals surface area contributed by atoms with E-state index in [1.165, 1.54) is 18.5 Å². The minimum Gasteiger partial charge on any atom is -0.334 e. The summed E-state index contributed by atoms with van der Waals surface area (Å²) in [6.07, 6.45) is 5.14. The molecule has 0 saturated carbocycles. The normalized spacial score (nSPS) is 17.5. The Labute approximate surface area is 138 Å². The highest BCUT2D eigenvalue weighted by molar-refractivity contribution is 5.79. The standard InChI is InChI=1S/C17H16FN5O/c18-13-4-1-3-12(9-13)10-16(24)22-8-2-5-14(22)15-6-7-19-17-20-11-21-23(15)17/h1,3-4,6-7,9,11,14H,2,5,8,10H2. The van der Waals surface area contributed by atoms with Crippen LogP contribution in [0.15, 0.2) is 42.9 Å². The number of halogens is 1. The van der Waals surface area contributed by atoms with E-state index in [1.54, 1.807) is 22.8 Å². The summed E-state index contributed by atoms with van der Waals surface area (Å²) in [5.74, 6) is 0.196. The number of carbonyl (C=O) groups is 1. The molecule has 122 valence electrons. The number of hydrogen-bond acceptors (Lipinski definition) is 4. The van der Waals surface area contributed by atoms with Crippen molar-refractivity contribution in [3.05, 3.63) is 59.9 Å². The Morgan fingerprint density at radius 2 is 2.21 bits per heavy atom. The summed E-state index contributed by atoms with van der Waals surface area (Å²) in [6, 6.07) is 8.00. The highest BCUT2D eigenvalue weighted by Gasteiger charge is 2.31. The van der Waals surface area contributed by atoms with E-state index in [0.29, 0.717) is 17.9 Å². The molecule has 1 aliphatic heterocycles. The SMILES string of the molecule is O=C(Cc1cccc(F)c1)N1CCCC1c1ccnc2ncnn12. The van der Waals surface area contributed by atoms with Gasteiger partial charge in [-0.05, 0) is 36.6 Å². The number of nitrogens with zero attached hydrogens (tertiary/aromatic N) is 5. The lowest BCUT2D eigenvalue weighted by atomic mass is 10.1. The minimum atomic E-state index is -0.322. The second-order valence-electron chi connectivity index (χ2n) is 5.89. The molecule has 1 saturated heterocycles. The molecule has 6 nitrogen and oxygen atoms in total. The van der Waals surface area contributed by atoms with E-state index in [1.807, 2.05) is 11.0 Å². The van der Waals surface area contributed by atoms with Crippen molar-refractivity contribution in [3.8, 4) is 0 Å². The van der Waals surface area contributed by atoms with Crippen molar-refractivity contribution < 1.29 is 9.18 Å². The fourth-order valence-electron chi connectivity index (χ4n) is 3.30. The van der Waals surface area contributed by atoms with Crippen LogP contribution in [-0.2, 0) is 11.2 Å². The Balaban J connectivity index is 1.60. The van der Waals surface area contributed by atoms with Crippen molar-refractivity contribution in [2.45, 2.75) is 25.3 Å². The van der Waals surface area contributed by atoms with Gasteiger partial charge in [0.2, 0.25) is 5.91 Å². The first-order valence-electron chi connectivity index (χ1n) is 7.91. The third-order valence-corrected chi connectivity index (χ3v) is 4.37. The first kappa shape index (κ1) is 14.7. The molecule has 3 heterocycles. The first-order valence-corrected chi connectivity index (χ1v) is 7.91. The monoisotopic (exact) mass is 325 g/mol. The number of amides is 1. The van der Waals surface area contributed by atoms with Gasteiger partial charge in [-0.25, -0.2) is 9.37 Å². The van der Waals surface area contributed by atoms with Crippen molar-refractivity contribution in [1.82, 2.24) is 24.5 Å². The van der Waals surface area contributed by atoms with E-state index < -0.39 is 0 Å². The molecular weight excluding hydrogens is 309 g/mol. The van der Waals surface area contributed by atoms with Crippen LogP contribution in [0.3, 0.4) is 0 Å². The summed E-state index contributed by atoms with van der Waals surface area (Å²) in [5.41, 5.74) is 1.59. The Morgan fingerprint density at radius 1 is 1.29 bits per heavy atom. The highest BCUT2D eigenvalue weighted by atomic mass is 19.1. The van der Waals surface area contributed by atoms with Crippen molar-refractivity contribution >= 4 is 11.7 Å². The van der Waals surface area contributed by atoms with Crippen LogP contribution in [0.2, 0.25) is 0 Å². The molecule has 2 aromatic heterocycles. The maximum absolute atomic E-state index is 13.3. The van der Waals surface area contributed by atoms with Crippen LogP contribution < -0.4 is 0 Å². The Kier molecular flexibility index (Phi) is 3.68. The largest absolute Gasteiger partial charge is 0.334 e. The zero-order valence-corrected chi connectivity index (χ0v) is 13.0. The van der Waals surface area contributed by atoms with Crippen LogP contribution in [0.5, 0.6) is 0 Å². The summed E-state index contributed by atoms with van der Waals surface area (Å²) in [7, 11) is 0. The molecule has 1 fully saturated rings. The zero-order chi connectivity index (χ0) is 16.5. The Bertz CT molecular complexity index is 893. The third-order valence-electron chi connectivity index (χ3n) is 4.37. The predicted octanol–water partition coefficient (Wildman–Crippen LogP) is 2.17. The van der Waals surface area contributed by atoms with Gasteiger partial charge in [-0.15, -0.1) is 0 Å². The van der Waals surface area contributed by atoms with Gasteiger partial charge in [-0.2, -0.15) is 14.6 Å². The van der Waals surface area contributed by atoms with E-state index in [-0.39, 0.29) is 24.2 Å². The average molecular weight is 325 g/mol. The minimum absolute atomic E-state index is 0.00632. The topological polar surface area (TPSA) is 63.4 Å². The molecule has 3 aromatic rings. The van der Waals surface area contributed by atoms with Gasteiger partial charge in [0.05, 0.1) is 18.2 Å². The number of hydrogen-bond donors (Lipinski definition) is 0.